The average Bonchev–Trinajstić information content (AvgIpc) is 2.43. The molecule has 0 saturated heterocycles. The van der Waals surface area contributed by atoms with Crippen LogP contribution in [0.3, 0.4) is 0 Å². The quantitative estimate of drug-likeness (QED) is 0.638. The van der Waals surface area contributed by atoms with Gasteiger partial charge in [0, 0.05) is 11.8 Å². The van der Waals surface area contributed by atoms with Gasteiger partial charge in [0.2, 0.25) is 0 Å². The van der Waals surface area contributed by atoms with Gasteiger partial charge in [-0.15, -0.1) is 12.4 Å². The van der Waals surface area contributed by atoms with E-state index < -0.39 is 0 Å². The molecule has 0 aromatic heterocycles. The zero-order chi connectivity index (χ0) is 13.7. The van der Waals surface area contributed by atoms with Crippen molar-refractivity contribution in [3.63, 3.8) is 0 Å². The zero-order valence-corrected chi connectivity index (χ0v) is 12.8. The van der Waals surface area contributed by atoms with Crippen molar-refractivity contribution in [1.29, 1.82) is 0 Å². The maximum absolute atomic E-state index is 5.92. The Bertz CT molecular complexity index is 622. The molecule has 2 aromatic rings. The van der Waals surface area contributed by atoms with Gasteiger partial charge in [-0.25, -0.2) is 4.99 Å². The monoisotopic (exact) mass is 326 g/mol. The fraction of sp³-hybridized carbons (Fsp3) is 0. The molecule has 0 amide bonds. The van der Waals surface area contributed by atoms with Crippen molar-refractivity contribution >= 4 is 47.5 Å². The van der Waals surface area contributed by atoms with Crippen molar-refractivity contribution in [2.45, 2.75) is 0 Å². The molecule has 0 atom stereocenters. The van der Waals surface area contributed by atoms with E-state index in [1.165, 1.54) is 0 Å². The maximum Gasteiger partial charge on any atom is 0.130 e. The van der Waals surface area contributed by atoms with Crippen molar-refractivity contribution in [2.75, 3.05) is 0 Å². The van der Waals surface area contributed by atoms with Crippen LogP contribution in [0.5, 0.6) is 0 Å². The van der Waals surface area contributed by atoms with Crippen molar-refractivity contribution < 1.29 is 0 Å². The molecular weight excluding hydrogens is 315 g/mol. The molecule has 0 fully saturated rings. The largest absolute Gasteiger partial charge is 0.383 e. The van der Waals surface area contributed by atoms with Gasteiger partial charge in [0.05, 0.1) is 10.0 Å². The lowest BCUT2D eigenvalue weighted by molar-refractivity contribution is 1.47. The highest BCUT2D eigenvalue weighted by molar-refractivity contribution is 6.42. The third kappa shape index (κ3) is 4.57. The van der Waals surface area contributed by atoms with E-state index in [9.17, 15) is 0 Å². The van der Waals surface area contributed by atoms with E-state index in [0.717, 1.165) is 11.1 Å². The minimum absolute atomic E-state index is 0. The van der Waals surface area contributed by atoms with Gasteiger partial charge in [0.1, 0.15) is 5.84 Å². The Morgan fingerprint density at radius 2 is 1.70 bits per heavy atom. The van der Waals surface area contributed by atoms with Crippen LogP contribution >= 0.6 is 35.6 Å². The van der Waals surface area contributed by atoms with E-state index in [-0.39, 0.29) is 12.4 Å². The van der Waals surface area contributed by atoms with Gasteiger partial charge in [-0.1, -0.05) is 59.6 Å². The zero-order valence-electron chi connectivity index (χ0n) is 10.5. The smallest absolute Gasteiger partial charge is 0.130 e. The van der Waals surface area contributed by atoms with Crippen LogP contribution in [0.25, 0.3) is 6.08 Å². The summed E-state index contributed by atoms with van der Waals surface area (Å²) in [6, 6.07) is 15.0. The van der Waals surface area contributed by atoms with Crippen LogP contribution in [0.4, 0.5) is 0 Å². The Hall–Kier alpha value is -1.48. The number of hydrogen-bond donors (Lipinski definition) is 1. The Balaban J connectivity index is 0.00000200. The van der Waals surface area contributed by atoms with Gasteiger partial charge >= 0.3 is 0 Å². The summed E-state index contributed by atoms with van der Waals surface area (Å²) in [7, 11) is 0. The number of hydrogen-bond acceptors (Lipinski definition) is 1. The molecule has 0 heterocycles. The lowest BCUT2D eigenvalue weighted by Crippen LogP contribution is -2.12. The second-order valence-corrected chi connectivity index (χ2v) is 4.68. The topological polar surface area (TPSA) is 38.4 Å². The van der Waals surface area contributed by atoms with Gasteiger partial charge in [-0.05, 0) is 23.8 Å². The molecule has 2 N–H and O–H groups in total. The molecule has 104 valence electrons. The van der Waals surface area contributed by atoms with E-state index in [4.69, 9.17) is 28.9 Å². The fourth-order valence-electron chi connectivity index (χ4n) is 1.50. The molecule has 5 heteroatoms. The number of amidine groups is 1. The van der Waals surface area contributed by atoms with Crippen molar-refractivity contribution in [1.82, 2.24) is 0 Å². The molecule has 0 aliphatic heterocycles. The highest BCUT2D eigenvalue weighted by atomic mass is 35.5. The average molecular weight is 328 g/mol. The number of nitrogens with two attached hydrogens (primary N) is 1. The fourth-order valence-corrected chi connectivity index (χ4v) is 1.81. The molecule has 0 saturated carbocycles. The Kier molecular flexibility index (Phi) is 6.59. The molecule has 0 radical (unpaired) electrons. The highest BCUT2D eigenvalue weighted by Crippen LogP contribution is 2.23. The minimum atomic E-state index is 0. The van der Waals surface area contributed by atoms with Gasteiger partial charge < -0.3 is 5.73 Å². The summed E-state index contributed by atoms with van der Waals surface area (Å²) in [6.45, 7) is 0. The van der Waals surface area contributed by atoms with Crippen LogP contribution in [-0.4, -0.2) is 5.84 Å². The normalized spacial score (nSPS) is 11.4. The standard InChI is InChI=1S/C15H12Cl2N2.ClH/c16-13-7-6-11(10-14(13)17)8-9-19-15(18)12-4-2-1-3-5-12;/h1-10H,(H2,18,19);1H/b9-8+;. The van der Waals surface area contributed by atoms with Crippen LogP contribution in [0.1, 0.15) is 11.1 Å². The lowest BCUT2D eigenvalue weighted by atomic mass is 10.2. The van der Waals surface area contributed by atoms with Crippen LogP contribution in [0.15, 0.2) is 59.7 Å². The second kappa shape index (κ2) is 7.95. The van der Waals surface area contributed by atoms with E-state index in [1.807, 2.05) is 42.5 Å². The molecule has 0 unspecified atom stereocenters. The summed E-state index contributed by atoms with van der Waals surface area (Å²) >= 11 is 11.8. The number of halogens is 3. The number of aliphatic imine (C=N–C) groups is 1. The minimum Gasteiger partial charge on any atom is -0.383 e. The van der Waals surface area contributed by atoms with Gasteiger partial charge in [-0.3, -0.25) is 0 Å². The highest BCUT2D eigenvalue weighted by Gasteiger charge is 1.97. The summed E-state index contributed by atoms with van der Waals surface area (Å²) in [4.78, 5) is 4.18. The van der Waals surface area contributed by atoms with Gasteiger partial charge in [-0.2, -0.15) is 0 Å². The lowest BCUT2D eigenvalue weighted by Gasteiger charge is -1.98. The summed E-state index contributed by atoms with van der Waals surface area (Å²) in [5, 5.41) is 1.05. The van der Waals surface area contributed by atoms with Crippen LogP contribution in [-0.2, 0) is 0 Å². The first-order valence-corrected chi connectivity index (χ1v) is 6.43. The molecule has 2 aromatic carbocycles. The van der Waals surface area contributed by atoms with E-state index in [1.54, 1.807) is 18.3 Å². The van der Waals surface area contributed by atoms with Crippen molar-refractivity contribution in [2.24, 2.45) is 10.7 Å². The third-order valence-electron chi connectivity index (χ3n) is 2.49. The molecule has 2 nitrogen and oxygen atoms in total. The summed E-state index contributed by atoms with van der Waals surface area (Å²) < 4.78 is 0. The third-order valence-corrected chi connectivity index (χ3v) is 3.23. The Labute approximate surface area is 134 Å². The van der Waals surface area contributed by atoms with Crippen LogP contribution in [0.2, 0.25) is 10.0 Å². The first-order valence-electron chi connectivity index (χ1n) is 5.67. The summed E-state index contributed by atoms with van der Waals surface area (Å²) in [6.07, 6.45) is 3.46. The van der Waals surface area contributed by atoms with Crippen molar-refractivity contribution in [3.8, 4) is 0 Å². The molecule has 0 aliphatic rings. The molecule has 20 heavy (non-hydrogen) atoms. The number of benzene rings is 2. The molecule has 2 rings (SSSR count). The molecule has 0 spiro atoms. The maximum atomic E-state index is 5.92. The predicted octanol–water partition coefficient (Wildman–Crippen LogP) is 4.79. The molecular formula is C15H13Cl3N2. The van der Waals surface area contributed by atoms with Gasteiger partial charge in [0.25, 0.3) is 0 Å². The van der Waals surface area contributed by atoms with Crippen LogP contribution < -0.4 is 5.73 Å². The Morgan fingerprint density at radius 3 is 2.35 bits per heavy atom. The number of rotatable bonds is 3. The summed E-state index contributed by atoms with van der Waals surface area (Å²) in [5.74, 6) is 0.469. The molecule has 0 bridgehead atoms. The van der Waals surface area contributed by atoms with Gasteiger partial charge in [0.15, 0.2) is 0 Å². The van der Waals surface area contributed by atoms with E-state index >= 15 is 0 Å². The first-order chi connectivity index (χ1) is 9.16. The second-order valence-electron chi connectivity index (χ2n) is 3.87. The summed E-state index contributed by atoms with van der Waals surface area (Å²) in [5.41, 5.74) is 7.67. The number of nitrogens with zero attached hydrogens (tertiary/aromatic N) is 1. The van der Waals surface area contributed by atoms with Crippen molar-refractivity contribution in [3.05, 3.63) is 75.9 Å². The molecule has 0 aliphatic carbocycles. The SMILES string of the molecule is Cl.NC(=N/C=C/c1ccc(Cl)c(Cl)c1)c1ccccc1. The Morgan fingerprint density at radius 1 is 1.00 bits per heavy atom. The van der Waals surface area contributed by atoms with E-state index in [0.29, 0.717) is 15.9 Å². The predicted molar refractivity (Wildman–Crippen MR) is 89.9 cm³/mol. The first kappa shape index (κ1) is 16.6. The van der Waals surface area contributed by atoms with Crippen LogP contribution in [0, 0.1) is 0 Å². The van der Waals surface area contributed by atoms with E-state index in [2.05, 4.69) is 4.99 Å².